The zero-order valence-electron chi connectivity index (χ0n) is 11.3. The van der Waals surface area contributed by atoms with Crippen molar-refractivity contribution in [2.45, 2.75) is 51.9 Å². The number of hydrogen-bond acceptors (Lipinski definition) is 3. The topological polar surface area (TPSA) is 24.9 Å². The first-order chi connectivity index (χ1) is 8.24. The molecule has 1 N–H and O–H groups in total. The van der Waals surface area contributed by atoms with E-state index in [2.05, 4.69) is 19.2 Å². The first-order valence-electron chi connectivity index (χ1n) is 6.87. The van der Waals surface area contributed by atoms with Crippen LogP contribution in [-0.4, -0.2) is 18.6 Å². The summed E-state index contributed by atoms with van der Waals surface area (Å²) in [5.41, 5.74) is 1.40. The van der Waals surface area contributed by atoms with E-state index in [4.69, 9.17) is 4.98 Å². The molecule has 0 amide bonds. The van der Waals surface area contributed by atoms with Gasteiger partial charge in [0.15, 0.2) is 0 Å². The van der Waals surface area contributed by atoms with Crippen molar-refractivity contribution < 1.29 is 0 Å². The largest absolute Gasteiger partial charge is 0.319 e. The van der Waals surface area contributed by atoms with Crippen LogP contribution < -0.4 is 5.32 Å². The normalized spacial score (nSPS) is 21.2. The average molecular weight is 252 g/mol. The summed E-state index contributed by atoms with van der Waals surface area (Å²) in [6.07, 6.45) is 6.56. The Kier molecular flexibility index (Phi) is 4.57. The molecule has 0 aromatic carbocycles. The zero-order chi connectivity index (χ0) is 12.3. The quantitative estimate of drug-likeness (QED) is 0.869. The Bertz CT molecular complexity index is 359. The van der Waals surface area contributed by atoms with E-state index in [1.165, 1.54) is 42.8 Å². The highest BCUT2D eigenvalue weighted by Gasteiger charge is 2.23. The molecule has 2 rings (SSSR count). The summed E-state index contributed by atoms with van der Waals surface area (Å²) in [7, 11) is 2.02. The summed E-state index contributed by atoms with van der Waals surface area (Å²) in [5, 5.41) is 4.58. The predicted molar refractivity (Wildman–Crippen MR) is 74.9 cm³/mol. The van der Waals surface area contributed by atoms with Gasteiger partial charge in [0, 0.05) is 17.3 Å². The molecule has 2 unspecified atom stereocenters. The lowest BCUT2D eigenvalue weighted by Crippen LogP contribution is -2.14. The summed E-state index contributed by atoms with van der Waals surface area (Å²) in [6.45, 7) is 5.59. The van der Waals surface area contributed by atoms with Gasteiger partial charge in [-0.3, -0.25) is 0 Å². The minimum Gasteiger partial charge on any atom is -0.319 e. The molecule has 96 valence electrons. The van der Waals surface area contributed by atoms with Gasteiger partial charge in [-0.15, -0.1) is 11.3 Å². The van der Waals surface area contributed by atoms with Gasteiger partial charge in [-0.25, -0.2) is 4.98 Å². The van der Waals surface area contributed by atoms with Crippen LogP contribution in [0.1, 0.15) is 54.6 Å². The summed E-state index contributed by atoms with van der Waals surface area (Å²) in [6, 6.07) is 0. The van der Waals surface area contributed by atoms with Gasteiger partial charge in [0.25, 0.3) is 0 Å². The van der Waals surface area contributed by atoms with Crippen LogP contribution in [0.5, 0.6) is 0 Å². The summed E-state index contributed by atoms with van der Waals surface area (Å²) in [5.74, 6) is 1.47. The lowest BCUT2D eigenvalue weighted by atomic mass is 9.88. The molecule has 2 atom stereocenters. The molecule has 17 heavy (non-hydrogen) atoms. The lowest BCUT2D eigenvalue weighted by molar-refractivity contribution is 0.423. The van der Waals surface area contributed by atoms with E-state index in [-0.39, 0.29) is 0 Å². The van der Waals surface area contributed by atoms with Crippen LogP contribution in [-0.2, 0) is 12.8 Å². The smallest absolute Gasteiger partial charge is 0.0971 e. The minimum absolute atomic E-state index is 0.556. The van der Waals surface area contributed by atoms with E-state index in [1.54, 1.807) is 4.88 Å². The maximum Gasteiger partial charge on any atom is 0.0971 e. The molecule has 1 aromatic rings. The Labute approximate surface area is 109 Å². The Morgan fingerprint density at radius 2 is 2.35 bits per heavy atom. The number of rotatable bonds is 5. The molecule has 1 aromatic heterocycles. The molecule has 0 saturated carbocycles. The van der Waals surface area contributed by atoms with Crippen LogP contribution >= 0.6 is 11.3 Å². The number of likely N-dealkylation sites (N-methyl/N-ethyl adjacent to an activating group) is 1. The molecule has 1 aliphatic rings. The molecule has 1 aliphatic carbocycles. The average Bonchev–Trinajstić information content (AvgIpc) is 2.73. The van der Waals surface area contributed by atoms with Gasteiger partial charge < -0.3 is 5.32 Å². The Morgan fingerprint density at radius 1 is 1.53 bits per heavy atom. The summed E-state index contributed by atoms with van der Waals surface area (Å²) in [4.78, 5) is 6.42. The highest BCUT2D eigenvalue weighted by Crippen LogP contribution is 2.34. The Morgan fingerprint density at radius 3 is 3.06 bits per heavy atom. The van der Waals surface area contributed by atoms with Crippen LogP contribution in [0.25, 0.3) is 0 Å². The second kappa shape index (κ2) is 5.96. The van der Waals surface area contributed by atoms with Crippen LogP contribution in [0.4, 0.5) is 0 Å². The van der Waals surface area contributed by atoms with Crippen molar-refractivity contribution in [1.82, 2.24) is 10.3 Å². The minimum atomic E-state index is 0.556. The number of hydrogen-bond donors (Lipinski definition) is 1. The fraction of sp³-hybridized carbons (Fsp3) is 0.786. The highest BCUT2D eigenvalue weighted by atomic mass is 32.1. The zero-order valence-corrected chi connectivity index (χ0v) is 12.1. The lowest BCUT2D eigenvalue weighted by Gasteiger charge is -2.20. The molecular weight excluding hydrogens is 228 g/mol. The second-order valence-electron chi connectivity index (χ2n) is 5.28. The number of thiazole rings is 1. The molecule has 0 bridgehead atoms. The molecule has 0 saturated heterocycles. The van der Waals surface area contributed by atoms with Crippen molar-refractivity contribution in [1.29, 1.82) is 0 Å². The van der Waals surface area contributed by atoms with E-state index in [1.807, 2.05) is 18.4 Å². The number of fused-ring (bicyclic) bond motifs is 1. The summed E-state index contributed by atoms with van der Waals surface area (Å²) < 4.78 is 0. The molecule has 0 radical (unpaired) electrons. The van der Waals surface area contributed by atoms with Gasteiger partial charge in [0.2, 0.25) is 0 Å². The van der Waals surface area contributed by atoms with Crippen molar-refractivity contribution in [3.05, 3.63) is 15.6 Å². The first-order valence-corrected chi connectivity index (χ1v) is 7.69. The van der Waals surface area contributed by atoms with Gasteiger partial charge in [-0.05, 0) is 32.2 Å². The van der Waals surface area contributed by atoms with E-state index < -0.39 is 0 Å². The molecule has 0 aliphatic heterocycles. The van der Waals surface area contributed by atoms with Crippen LogP contribution in [0.2, 0.25) is 0 Å². The maximum absolute atomic E-state index is 4.84. The maximum atomic E-state index is 4.84. The third-order valence-corrected chi connectivity index (χ3v) is 5.04. The molecule has 2 nitrogen and oxygen atoms in total. The van der Waals surface area contributed by atoms with E-state index >= 15 is 0 Å². The van der Waals surface area contributed by atoms with E-state index in [9.17, 15) is 0 Å². The number of nitrogens with one attached hydrogen (secondary N) is 1. The van der Waals surface area contributed by atoms with Gasteiger partial charge in [0.05, 0.1) is 10.7 Å². The SMILES string of the molecule is CCCC1CCc2nc(C(C)CNC)sc2C1. The van der Waals surface area contributed by atoms with Gasteiger partial charge in [0.1, 0.15) is 0 Å². The fourth-order valence-corrected chi connectivity index (χ4v) is 4.00. The van der Waals surface area contributed by atoms with Crippen molar-refractivity contribution in [3.63, 3.8) is 0 Å². The first kappa shape index (κ1) is 13.0. The third kappa shape index (κ3) is 3.08. The molecular formula is C14H24N2S. The number of aromatic nitrogens is 1. The fourth-order valence-electron chi connectivity index (χ4n) is 2.72. The van der Waals surface area contributed by atoms with Crippen LogP contribution in [0.15, 0.2) is 0 Å². The van der Waals surface area contributed by atoms with Gasteiger partial charge in [-0.1, -0.05) is 26.7 Å². The molecule has 0 spiro atoms. The van der Waals surface area contributed by atoms with Crippen LogP contribution in [0.3, 0.4) is 0 Å². The monoisotopic (exact) mass is 252 g/mol. The Balaban J connectivity index is 2.06. The van der Waals surface area contributed by atoms with Gasteiger partial charge >= 0.3 is 0 Å². The predicted octanol–water partition coefficient (Wildman–Crippen LogP) is 3.37. The van der Waals surface area contributed by atoms with Crippen LogP contribution in [0, 0.1) is 5.92 Å². The van der Waals surface area contributed by atoms with Crippen molar-refractivity contribution in [2.75, 3.05) is 13.6 Å². The molecule has 1 heterocycles. The van der Waals surface area contributed by atoms with Gasteiger partial charge in [-0.2, -0.15) is 0 Å². The highest BCUT2D eigenvalue weighted by molar-refractivity contribution is 7.11. The summed E-state index contributed by atoms with van der Waals surface area (Å²) >= 11 is 1.96. The Hall–Kier alpha value is -0.410. The molecule has 3 heteroatoms. The number of nitrogens with zero attached hydrogens (tertiary/aromatic N) is 1. The third-order valence-electron chi connectivity index (χ3n) is 3.69. The van der Waals surface area contributed by atoms with Crippen molar-refractivity contribution in [3.8, 4) is 0 Å². The van der Waals surface area contributed by atoms with Crippen molar-refractivity contribution >= 4 is 11.3 Å². The van der Waals surface area contributed by atoms with Crippen molar-refractivity contribution in [2.24, 2.45) is 5.92 Å². The number of aryl methyl sites for hydroxylation is 1. The molecule has 0 fully saturated rings. The van der Waals surface area contributed by atoms with E-state index in [0.717, 1.165) is 12.5 Å². The standard InChI is InChI=1S/C14H24N2S/c1-4-5-11-6-7-12-13(8-11)17-14(16-12)10(2)9-15-3/h10-11,15H,4-9H2,1-3H3. The second-order valence-corrected chi connectivity index (χ2v) is 6.39. The van der Waals surface area contributed by atoms with E-state index in [0.29, 0.717) is 5.92 Å².